The van der Waals surface area contributed by atoms with E-state index < -0.39 is 17.7 Å². The molecule has 0 saturated heterocycles. The van der Waals surface area contributed by atoms with E-state index in [1.165, 1.54) is 11.3 Å². The summed E-state index contributed by atoms with van der Waals surface area (Å²) in [6.07, 6.45) is 1.17. The van der Waals surface area contributed by atoms with E-state index in [4.69, 9.17) is 11.1 Å². The summed E-state index contributed by atoms with van der Waals surface area (Å²) >= 11 is 0. The third-order valence-corrected chi connectivity index (χ3v) is 4.34. The van der Waals surface area contributed by atoms with Gasteiger partial charge in [-0.15, -0.1) is 0 Å². The Kier molecular flexibility index (Phi) is 10.7. The van der Waals surface area contributed by atoms with E-state index in [9.17, 15) is 14.4 Å². The van der Waals surface area contributed by atoms with Crippen LogP contribution in [0.25, 0.3) is 0 Å². The van der Waals surface area contributed by atoms with Crippen molar-refractivity contribution >= 4 is 29.1 Å². The summed E-state index contributed by atoms with van der Waals surface area (Å²) in [5.41, 5.74) is 7.31. The number of nitrogens with two attached hydrogens (primary N) is 1. The minimum atomic E-state index is -0.603. The first-order valence-corrected chi connectivity index (χ1v) is 10.3. The van der Waals surface area contributed by atoms with Gasteiger partial charge in [0.05, 0.1) is 17.9 Å². The molecule has 7 nitrogen and oxygen atoms in total. The SMILES string of the molecule is CC(CC(N)=O)C(=O)NCC(=O)N(C)c1ccccc1C(=N)c1ccccc1.CCC. The van der Waals surface area contributed by atoms with Crippen molar-refractivity contribution in [3.8, 4) is 0 Å². The quantitative estimate of drug-likeness (QED) is 0.565. The highest BCUT2D eigenvalue weighted by Gasteiger charge is 2.20. The third kappa shape index (κ3) is 8.04. The van der Waals surface area contributed by atoms with Gasteiger partial charge < -0.3 is 16.0 Å². The van der Waals surface area contributed by atoms with E-state index in [1.54, 1.807) is 32.2 Å². The summed E-state index contributed by atoms with van der Waals surface area (Å²) in [5, 5.41) is 11.0. The van der Waals surface area contributed by atoms with Gasteiger partial charge in [0.1, 0.15) is 0 Å². The summed E-state index contributed by atoms with van der Waals surface area (Å²) in [4.78, 5) is 36.9. The lowest BCUT2D eigenvalue weighted by Crippen LogP contribution is -2.41. The van der Waals surface area contributed by atoms with Gasteiger partial charge in [-0.25, -0.2) is 0 Å². The molecular formula is C24H32N4O3. The molecule has 31 heavy (non-hydrogen) atoms. The zero-order chi connectivity index (χ0) is 23.4. The number of hydrogen-bond acceptors (Lipinski definition) is 4. The zero-order valence-corrected chi connectivity index (χ0v) is 18.6. The first kappa shape index (κ1) is 25.6. The molecule has 166 valence electrons. The largest absolute Gasteiger partial charge is 0.370 e. The van der Waals surface area contributed by atoms with Gasteiger partial charge in [0, 0.05) is 30.5 Å². The molecule has 0 heterocycles. The normalized spacial score (nSPS) is 10.8. The average Bonchev–Trinajstić information content (AvgIpc) is 2.76. The third-order valence-electron chi connectivity index (χ3n) is 4.34. The van der Waals surface area contributed by atoms with Gasteiger partial charge >= 0.3 is 0 Å². The number of carbonyl (C=O) groups excluding carboxylic acids is 3. The maximum atomic E-state index is 12.6. The smallest absolute Gasteiger partial charge is 0.246 e. The Labute approximate surface area is 184 Å². The Bertz CT molecular complexity index is 897. The van der Waals surface area contributed by atoms with Crippen molar-refractivity contribution in [3.05, 3.63) is 65.7 Å². The van der Waals surface area contributed by atoms with Crippen molar-refractivity contribution in [2.75, 3.05) is 18.5 Å². The van der Waals surface area contributed by atoms with Crippen LogP contribution in [0.5, 0.6) is 0 Å². The second-order valence-corrected chi connectivity index (χ2v) is 7.21. The van der Waals surface area contributed by atoms with Gasteiger partial charge in [-0.05, 0) is 6.07 Å². The molecule has 2 aromatic carbocycles. The molecule has 0 spiro atoms. The van der Waals surface area contributed by atoms with Crippen LogP contribution in [0, 0.1) is 11.3 Å². The van der Waals surface area contributed by atoms with Crippen molar-refractivity contribution < 1.29 is 14.4 Å². The molecule has 1 atom stereocenters. The molecule has 4 N–H and O–H groups in total. The molecule has 1 unspecified atom stereocenters. The van der Waals surface area contributed by atoms with E-state index >= 15 is 0 Å². The lowest BCUT2D eigenvalue weighted by atomic mass is 10.0. The highest BCUT2D eigenvalue weighted by Crippen LogP contribution is 2.22. The standard InChI is InChI=1S/C21H24N4O3.C3H8/c1-14(12-18(22)26)21(28)24-13-19(27)25(2)17-11-7-6-10-16(17)20(23)15-8-4-3-5-9-15;1-3-2/h3-11,14,23H,12-13H2,1-2H3,(H2,22,26)(H,24,28);3H2,1-2H3. The number of rotatable bonds is 8. The molecule has 0 aliphatic carbocycles. The Balaban J connectivity index is 0.00000151. The second kappa shape index (κ2) is 13.0. The van der Waals surface area contributed by atoms with Crippen LogP contribution in [-0.4, -0.2) is 37.0 Å². The molecule has 0 aliphatic heterocycles. The van der Waals surface area contributed by atoms with E-state index in [-0.39, 0.29) is 18.9 Å². The first-order chi connectivity index (χ1) is 14.7. The number of nitrogens with one attached hydrogen (secondary N) is 2. The summed E-state index contributed by atoms with van der Waals surface area (Å²) < 4.78 is 0. The fourth-order valence-electron chi connectivity index (χ4n) is 2.72. The van der Waals surface area contributed by atoms with Crippen LogP contribution in [-0.2, 0) is 14.4 Å². The van der Waals surface area contributed by atoms with Crippen molar-refractivity contribution in [1.82, 2.24) is 5.32 Å². The fourth-order valence-corrected chi connectivity index (χ4v) is 2.72. The lowest BCUT2D eigenvalue weighted by Gasteiger charge is -2.22. The van der Waals surface area contributed by atoms with Crippen LogP contribution in [0.1, 0.15) is 44.7 Å². The molecule has 2 rings (SSSR count). The summed E-state index contributed by atoms with van der Waals surface area (Å²) in [6, 6.07) is 16.4. The van der Waals surface area contributed by atoms with Crippen LogP contribution in [0.2, 0.25) is 0 Å². The molecule has 0 aromatic heterocycles. The van der Waals surface area contributed by atoms with Crippen LogP contribution < -0.4 is 16.0 Å². The van der Waals surface area contributed by atoms with E-state index in [0.717, 1.165) is 5.56 Å². The molecule has 0 aliphatic rings. The number of hydrogen-bond donors (Lipinski definition) is 3. The van der Waals surface area contributed by atoms with Crippen LogP contribution in [0.4, 0.5) is 5.69 Å². The minimum Gasteiger partial charge on any atom is -0.370 e. The van der Waals surface area contributed by atoms with Crippen LogP contribution >= 0.6 is 0 Å². The molecule has 7 heteroatoms. The van der Waals surface area contributed by atoms with E-state index in [1.807, 2.05) is 36.4 Å². The maximum absolute atomic E-state index is 12.6. The Morgan fingerprint density at radius 2 is 1.58 bits per heavy atom. The van der Waals surface area contributed by atoms with Crippen LogP contribution in [0.3, 0.4) is 0 Å². The Hall–Kier alpha value is -3.48. The van der Waals surface area contributed by atoms with Gasteiger partial charge in [0.2, 0.25) is 17.7 Å². The lowest BCUT2D eigenvalue weighted by molar-refractivity contribution is -0.129. The predicted octanol–water partition coefficient (Wildman–Crippen LogP) is 3.11. The van der Waals surface area contributed by atoms with Gasteiger partial charge in [-0.2, -0.15) is 0 Å². The molecule has 2 aromatic rings. The first-order valence-electron chi connectivity index (χ1n) is 10.3. The summed E-state index contributed by atoms with van der Waals surface area (Å²) in [7, 11) is 1.60. The van der Waals surface area contributed by atoms with Gasteiger partial charge in [-0.3, -0.25) is 19.8 Å². The molecule has 0 radical (unpaired) electrons. The fraction of sp³-hybridized carbons (Fsp3) is 0.333. The van der Waals surface area contributed by atoms with E-state index in [2.05, 4.69) is 19.2 Å². The topological polar surface area (TPSA) is 116 Å². The number of likely N-dealkylation sites (N-methyl/N-ethyl adjacent to an activating group) is 1. The number of benzene rings is 2. The van der Waals surface area contributed by atoms with Crippen molar-refractivity contribution in [3.63, 3.8) is 0 Å². The van der Waals surface area contributed by atoms with Crippen molar-refractivity contribution in [2.24, 2.45) is 11.7 Å². The number of carbonyl (C=O) groups is 3. The predicted molar refractivity (Wildman–Crippen MR) is 124 cm³/mol. The van der Waals surface area contributed by atoms with Gasteiger partial charge in [0.25, 0.3) is 0 Å². The Morgan fingerprint density at radius 1 is 1.03 bits per heavy atom. The van der Waals surface area contributed by atoms with E-state index in [0.29, 0.717) is 17.0 Å². The average molecular weight is 425 g/mol. The number of anilines is 1. The zero-order valence-electron chi connectivity index (χ0n) is 18.6. The molecule has 3 amide bonds. The monoisotopic (exact) mass is 424 g/mol. The number of nitrogens with zero attached hydrogens (tertiary/aromatic N) is 1. The highest BCUT2D eigenvalue weighted by molar-refractivity contribution is 6.15. The minimum absolute atomic E-state index is 0.0765. The van der Waals surface area contributed by atoms with Gasteiger partial charge in [-0.1, -0.05) is 75.7 Å². The number of primary amides is 1. The van der Waals surface area contributed by atoms with Gasteiger partial charge in [0.15, 0.2) is 0 Å². The maximum Gasteiger partial charge on any atom is 0.246 e. The number of para-hydroxylation sites is 1. The molecule has 0 fully saturated rings. The van der Waals surface area contributed by atoms with Crippen molar-refractivity contribution in [2.45, 2.75) is 33.6 Å². The molecule has 0 saturated carbocycles. The number of amides is 3. The highest BCUT2D eigenvalue weighted by atomic mass is 16.2. The summed E-state index contributed by atoms with van der Waals surface area (Å²) in [5.74, 6) is -1.92. The molecular weight excluding hydrogens is 392 g/mol. The van der Waals surface area contributed by atoms with Crippen molar-refractivity contribution in [1.29, 1.82) is 5.41 Å². The van der Waals surface area contributed by atoms with Crippen LogP contribution in [0.15, 0.2) is 54.6 Å². The summed E-state index contributed by atoms with van der Waals surface area (Å²) in [6.45, 7) is 5.61. The molecule has 0 bridgehead atoms. The Morgan fingerprint density at radius 3 is 2.16 bits per heavy atom. The second-order valence-electron chi connectivity index (χ2n) is 7.21.